The molecule has 6 nitrogen and oxygen atoms in total. The molecule has 0 bridgehead atoms. The van der Waals surface area contributed by atoms with Crippen molar-refractivity contribution >= 4 is 11.6 Å². The van der Waals surface area contributed by atoms with Crippen LogP contribution in [-0.4, -0.2) is 56.3 Å². The molecule has 5 rings (SSSR count). The van der Waals surface area contributed by atoms with E-state index in [0.717, 1.165) is 29.9 Å². The number of nitrogens with zero attached hydrogens (tertiary/aromatic N) is 3. The normalized spacial score (nSPS) is 23.5. The molecule has 0 spiro atoms. The van der Waals surface area contributed by atoms with Crippen molar-refractivity contribution in [2.24, 2.45) is 5.41 Å². The zero-order chi connectivity index (χ0) is 24.0. The predicted molar refractivity (Wildman–Crippen MR) is 126 cm³/mol. The minimum Gasteiger partial charge on any atom is -0.389 e. The molecule has 184 valence electrons. The van der Waals surface area contributed by atoms with Crippen LogP contribution in [0.15, 0.2) is 36.5 Å². The largest absolute Gasteiger partial charge is 0.389 e. The third kappa shape index (κ3) is 4.97. The van der Waals surface area contributed by atoms with E-state index >= 15 is 0 Å². The van der Waals surface area contributed by atoms with Gasteiger partial charge in [0, 0.05) is 61.4 Å². The van der Waals surface area contributed by atoms with Crippen LogP contribution in [0.25, 0.3) is 5.69 Å². The first-order chi connectivity index (χ1) is 16.1. The number of aromatic nitrogens is 2. The summed E-state index contributed by atoms with van der Waals surface area (Å²) >= 11 is 0. The number of rotatable bonds is 6. The van der Waals surface area contributed by atoms with Crippen molar-refractivity contribution < 1.29 is 18.7 Å². The zero-order valence-corrected chi connectivity index (χ0v) is 19.8. The molecule has 2 heterocycles. The number of carbonyl (C=O) groups excluding carboxylic acids is 1. The van der Waals surface area contributed by atoms with Gasteiger partial charge in [-0.3, -0.25) is 4.79 Å². The van der Waals surface area contributed by atoms with Crippen molar-refractivity contribution in [3.05, 3.63) is 42.2 Å². The fourth-order valence-corrected chi connectivity index (χ4v) is 5.24. The van der Waals surface area contributed by atoms with Crippen LogP contribution in [0, 0.1) is 5.41 Å². The molecule has 1 saturated heterocycles. The third-order valence-corrected chi connectivity index (χ3v) is 7.93. The van der Waals surface area contributed by atoms with Crippen LogP contribution in [0.2, 0.25) is 0 Å². The standard InChI is InChI=1S/C26H34F2N4O2/c1-24(11-12-24)23(33)31-16-13-25(34,14-17-31)18-22-8-15-29-32(22)21-4-2-19(3-5-21)30-20-6-9-26(27,28)10-7-20/h2-5,8,15,20,30,34H,6-7,9-14,16-18H2,1H3. The number of hydrogen-bond acceptors (Lipinski definition) is 4. The number of aliphatic hydroxyl groups is 1. The molecular formula is C26H34F2N4O2. The molecule has 1 aromatic heterocycles. The Morgan fingerprint density at radius 1 is 1.06 bits per heavy atom. The number of amides is 1. The number of piperidine rings is 1. The van der Waals surface area contributed by atoms with Crippen LogP contribution in [-0.2, 0) is 11.2 Å². The fraction of sp³-hybridized carbons (Fsp3) is 0.615. The van der Waals surface area contributed by atoms with Gasteiger partial charge in [0.05, 0.1) is 11.3 Å². The summed E-state index contributed by atoms with van der Waals surface area (Å²) in [5, 5.41) is 19.1. The van der Waals surface area contributed by atoms with E-state index in [1.807, 2.05) is 46.8 Å². The topological polar surface area (TPSA) is 70.4 Å². The van der Waals surface area contributed by atoms with E-state index in [4.69, 9.17) is 0 Å². The van der Waals surface area contributed by atoms with Gasteiger partial charge in [0.1, 0.15) is 0 Å². The number of likely N-dealkylation sites (tertiary alicyclic amines) is 1. The lowest BCUT2D eigenvalue weighted by molar-refractivity contribution is -0.140. The van der Waals surface area contributed by atoms with Gasteiger partial charge in [0.2, 0.25) is 11.8 Å². The lowest BCUT2D eigenvalue weighted by atomic mass is 9.86. The first kappa shape index (κ1) is 23.3. The number of anilines is 1. The molecule has 2 saturated carbocycles. The van der Waals surface area contributed by atoms with Crippen LogP contribution < -0.4 is 5.32 Å². The van der Waals surface area contributed by atoms with Crippen LogP contribution >= 0.6 is 0 Å². The van der Waals surface area contributed by atoms with Gasteiger partial charge in [-0.1, -0.05) is 6.92 Å². The van der Waals surface area contributed by atoms with Crippen molar-refractivity contribution in [1.29, 1.82) is 0 Å². The average Bonchev–Trinajstić information content (AvgIpc) is 3.41. The minimum atomic E-state index is -2.52. The van der Waals surface area contributed by atoms with E-state index in [1.165, 1.54) is 0 Å². The monoisotopic (exact) mass is 472 g/mol. The molecule has 3 fully saturated rings. The number of hydrogen-bond donors (Lipinski definition) is 2. The smallest absolute Gasteiger partial charge is 0.248 e. The molecule has 2 aromatic rings. The van der Waals surface area contributed by atoms with Gasteiger partial charge in [-0.2, -0.15) is 5.10 Å². The summed E-state index contributed by atoms with van der Waals surface area (Å²) in [5.41, 5.74) is 1.69. The first-order valence-electron chi connectivity index (χ1n) is 12.4. The van der Waals surface area contributed by atoms with Gasteiger partial charge in [-0.15, -0.1) is 0 Å². The zero-order valence-electron chi connectivity index (χ0n) is 19.8. The van der Waals surface area contributed by atoms with E-state index in [0.29, 0.717) is 45.2 Å². The summed E-state index contributed by atoms with van der Waals surface area (Å²) in [6, 6.07) is 9.81. The van der Waals surface area contributed by atoms with Gasteiger partial charge >= 0.3 is 0 Å². The highest BCUT2D eigenvalue weighted by molar-refractivity contribution is 5.85. The number of carbonyl (C=O) groups is 1. The Morgan fingerprint density at radius 3 is 2.32 bits per heavy atom. The second-order valence-electron chi connectivity index (χ2n) is 10.8. The van der Waals surface area contributed by atoms with Crippen LogP contribution in [0.4, 0.5) is 14.5 Å². The van der Waals surface area contributed by atoms with E-state index < -0.39 is 11.5 Å². The van der Waals surface area contributed by atoms with Crippen molar-refractivity contribution in [1.82, 2.24) is 14.7 Å². The maximum atomic E-state index is 13.4. The lowest BCUT2D eigenvalue weighted by Gasteiger charge is -2.39. The molecule has 0 radical (unpaired) electrons. The Balaban J connectivity index is 1.19. The fourth-order valence-electron chi connectivity index (χ4n) is 5.24. The maximum absolute atomic E-state index is 13.4. The highest BCUT2D eigenvalue weighted by Gasteiger charge is 2.48. The maximum Gasteiger partial charge on any atom is 0.248 e. The molecule has 8 heteroatoms. The Bertz CT molecular complexity index is 1010. The third-order valence-electron chi connectivity index (χ3n) is 7.93. The molecular weight excluding hydrogens is 438 g/mol. The predicted octanol–water partition coefficient (Wildman–Crippen LogP) is 4.56. The Morgan fingerprint density at radius 2 is 1.71 bits per heavy atom. The molecule has 2 aliphatic carbocycles. The van der Waals surface area contributed by atoms with E-state index in [1.54, 1.807) is 6.20 Å². The van der Waals surface area contributed by atoms with Crippen LogP contribution in [0.3, 0.4) is 0 Å². The van der Waals surface area contributed by atoms with E-state index in [-0.39, 0.29) is 30.2 Å². The summed E-state index contributed by atoms with van der Waals surface area (Å²) in [5.74, 6) is -2.29. The summed E-state index contributed by atoms with van der Waals surface area (Å²) in [7, 11) is 0. The molecule has 0 atom stereocenters. The summed E-state index contributed by atoms with van der Waals surface area (Å²) < 4.78 is 28.6. The first-order valence-corrected chi connectivity index (χ1v) is 12.4. The molecule has 1 aliphatic heterocycles. The van der Waals surface area contributed by atoms with Gasteiger partial charge in [0.15, 0.2) is 0 Å². The molecule has 2 N–H and O–H groups in total. The Labute approximate surface area is 199 Å². The summed E-state index contributed by atoms with van der Waals surface area (Å²) in [6.07, 6.45) is 6.08. The number of benzene rings is 1. The summed E-state index contributed by atoms with van der Waals surface area (Å²) in [6.45, 7) is 3.21. The SMILES string of the molecule is CC1(C(=O)N2CCC(O)(Cc3ccnn3-c3ccc(NC4CCC(F)(F)CC4)cc3)CC2)CC1. The molecule has 1 aromatic carbocycles. The van der Waals surface area contributed by atoms with Crippen molar-refractivity contribution in [2.75, 3.05) is 18.4 Å². The van der Waals surface area contributed by atoms with Crippen molar-refractivity contribution in [3.63, 3.8) is 0 Å². The van der Waals surface area contributed by atoms with Gasteiger partial charge < -0.3 is 15.3 Å². The molecule has 3 aliphatic rings. The van der Waals surface area contributed by atoms with Crippen LogP contribution in [0.5, 0.6) is 0 Å². The van der Waals surface area contributed by atoms with E-state index in [9.17, 15) is 18.7 Å². The molecule has 0 unspecified atom stereocenters. The second kappa shape index (κ2) is 8.63. The van der Waals surface area contributed by atoms with E-state index in [2.05, 4.69) is 10.4 Å². The number of nitrogens with one attached hydrogen (secondary N) is 1. The van der Waals surface area contributed by atoms with Crippen molar-refractivity contribution in [3.8, 4) is 5.69 Å². The van der Waals surface area contributed by atoms with Crippen molar-refractivity contribution in [2.45, 2.75) is 82.3 Å². The average molecular weight is 473 g/mol. The number of alkyl halides is 2. The summed E-state index contributed by atoms with van der Waals surface area (Å²) in [4.78, 5) is 14.5. The van der Waals surface area contributed by atoms with Gasteiger partial charge in [0.25, 0.3) is 0 Å². The molecule has 34 heavy (non-hydrogen) atoms. The lowest BCUT2D eigenvalue weighted by Crippen LogP contribution is -2.49. The van der Waals surface area contributed by atoms with Gasteiger partial charge in [-0.25, -0.2) is 13.5 Å². The molecule has 1 amide bonds. The van der Waals surface area contributed by atoms with Gasteiger partial charge in [-0.05, 0) is 68.9 Å². The quantitative estimate of drug-likeness (QED) is 0.647. The second-order valence-corrected chi connectivity index (χ2v) is 10.8. The highest BCUT2D eigenvalue weighted by Crippen LogP contribution is 2.47. The minimum absolute atomic E-state index is 0.0620. The Hall–Kier alpha value is -2.48. The Kier molecular flexibility index (Phi) is 5.91. The van der Waals surface area contributed by atoms with Crippen LogP contribution in [0.1, 0.15) is 64.0 Å². The highest BCUT2D eigenvalue weighted by atomic mass is 19.3. The number of halogens is 2.